The Labute approximate surface area is 221 Å². The average Bonchev–Trinajstić information content (AvgIpc) is 3.35. The van der Waals surface area contributed by atoms with E-state index >= 15 is 0 Å². The Morgan fingerprint density at radius 1 is 1.21 bits per heavy atom. The molecule has 1 saturated heterocycles. The van der Waals surface area contributed by atoms with Crippen molar-refractivity contribution in [1.29, 1.82) is 0 Å². The number of nitrogens with zero attached hydrogens (tertiary/aromatic N) is 4. The van der Waals surface area contributed by atoms with Gasteiger partial charge in [0.2, 0.25) is 0 Å². The molecule has 0 atom stereocenters. The van der Waals surface area contributed by atoms with Gasteiger partial charge in [-0.25, -0.2) is 9.78 Å². The molecule has 2 amide bonds. The third-order valence-electron chi connectivity index (χ3n) is 6.48. The second-order valence-corrected chi connectivity index (χ2v) is 8.80. The first-order valence-electron chi connectivity index (χ1n) is 12.5. The summed E-state index contributed by atoms with van der Waals surface area (Å²) in [5, 5.41) is 6.14. The molecule has 200 valence electrons. The van der Waals surface area contributed by atoms with Gasteiger partial charge < -0.3 is 30.7 Å². The van der Waals surface area contributed by atoms with Gasteiger partial charge in [-0.2, -0.15) is 0 Å². The Morgan fingerprint density at radius 3 is 2.68 bits per heavy atom. The minimum absolute atomic E-state index is 0.177. The molecule has 3 heterocycles. The van der Waals surface area contributed by atoms with Gasteiger partial charge in [0.1, 0.15) is 11.6 Å². The lowest BCUT2D eigenvalue weighted by molar-refractivity contribution is -0.112. The maximum absolute atomic E-state index is 12.8. The molecule has 11 heteroatoms. The number of methoxy groups -OCH3 is 1. The van der Waals surface area contributed by atoms with E-state index in [4.69, 9.17) is 15.2 Å². The van der Waals surface area contributed by atoms with Gasteiger partial charge >= 0.3 is 6.03 Å². The number of piperidine rings is 1. The highest BCUT2D eigenvalue weighted by Crippen LogP contribution is 2.36. The third kappa shape index (κ3) is 6.12. The second kappa shape index (κ2) is 12.2. The molecule has 3 aromatic rings. The van der Waals surface area contributed by atoms with Gasteiger partial charge in [0.25, 0.3) is 5.91 Å². The first kappa shape index (κ1) is 26.7. The summed E-state index contributed by atoms with van der Waals surface area (Å²) < 4.78 is 13.0. The molecule has 1 aliphatic heterocycles. The number of nitrogens with two attached hydrogens (primary N) is 1. The summed E-state index contributed by atoms with van der Waals surface area (Å²) in [6.45, 7) is 5.19. The highest BCUT2D eigenvalue weighted by Gasteiger charge is 2.18. The molecule has 0 radical (unpaired) electrons. The molecule has 0 spiro atoms. The Morgan fingerprint density at radius 2 is 2.00 bits per heavy atom. The first-order valence-corrected chi connectivity index (χ1v) is 12.5. The van der Waals surface area contributed by atoms with Crippen LogP contribution in [0.3, 0.4) is 0 Å². The maximum atomic E-state index is 12.8. The summed E-state index contributed by atoms with van der Waals surface area (Å²) in [6.07, 6.45) is 7.89. The van der Waals surface area contributed by atoms with E-state index in [9.17, 15) is 9.59 Å². The van der Waals surface area contributed by atoms with Crippen molar-refractivity contribution >= 4 is 34.9 Å². The highest BCUT2D eigenvalue weighted by atomic mass is 16.5. The molecule has 0 bridgehead atoms. The predicted molar refractivity (Wildman–Crippen MR) is 147 cm³/mol. The SMILES string of the molecule is CCN1CCC(N=CC(=CN)C(=O)Nc2cc(Oc3cc4ccn(C(=O)NC)c4cc3OC)ccn2)CC1. The van der Waals surface area contributed by atoms with E-state index in [0.29, 0.717) is 28.6 Å². The number of carbonyl (C=O) groups is 2. The highest BCUT2D eigenvalue weighted by molar-refractivity contribution is 6.17. The van der Waals surface area contributed by atoms with Crippen LogP contribution in [0.1, 0.15) is 19.8 Å². The van der Waals surface area contributed by atoms with Gasteiger partial charge in [0.15, 0.2) is 11.5 Å². The van der Waals surface area contributed by atoms with Gasteiger partial charge in [-0.15, -0.1) is 0 Å². The summed E-state index contributed by atoms with van der Waals surface area (Å²) >= 11 is 0. The van der Waals surface area contributed by atoms with Crippen molar-refractivity contribution in [2.24, 2.45) is 10.7 Å². The summed E-state index contributed by atoms with van der Waals surface area (Å²) in [5.41, 5.74) is 6.65. The molecule has 38 heavy (non-hydrogen) atoms. The van der Waals surface area contributed by atoms with Crippen LogP contribution in [-0.2, 0) is 4.79 Å². The standard InChI is InChI=1S/C27H33N7O4/c1-4-33-10-7-20(8-11-33)31-17-19(16-28)26(35)32-25-14-21(5-9-30-25)38-24-13-18-6-12-34(27(36)29-2)22(18)15-23(24)37-3/h5-6,9,12-17,20H,4,7-8,10-11,28H2,1-3H3,(H,29,36)(H,30,32,35). The fraction of sp³-hybridized carbons (Fsp3) is 0.333. The predicted octanol–water partition coefficient (Wildman–Crippen LogP) is 3.36. The number of likely N-dealkylation sites (tertiary alicyclic amines) is 1. The second-order valence-electron chi connectivity index (χ2n) is 8.80. The Hall–Kier alpha value is -4.38. The molecule has 2 aromatic heterocycles. The van der Waals surface area contributed by atoms with E-state index in [1.165, 1.54) is 30.3 Å². The Balaban J connectivity index is 1.45. The molecule has 0 saturated carbocycles. The number of nitrogens with one attached hydrogen (secondary N) is 2. The van der Waals surface area contributed by atoms with Crippen LogP contribution in [-0.4, -0.2) is 72.4 Å². The van der Waals surface area contributed by atoms with Crippen LogP contribution in [0.5, 0.6) is 17.2 Å². The zero-order chi connectivity index (χ0) is 27.1. The van der Waals surface area contributed by atoms with Crippen LogP contribution >= 0.6 is 0 Å². The van der Waals surface area contributed by atoms with E-state index in [1.807, 2.05) is 6.07 Å². The van der Waals surface area contributed by atoms with Crippen LogP contribution in [0.4, 0.5) is 10.6 Å². The summed E-state index contributed by atoms with van der Waals surface area (Å²) in [7, 11) is 3.09. The number of ether oxygens (including phenoxy) is 2. The molecular weight excluding hydrogens is 486 g/mol. The van der Waals surface area contributed by atoms with E-state index in [-0.39, 0.29) is 17.6 Å². The molecule has 1 aromatic carbocycles. The van der Waals surface area contributed by atoms with Crippen LogP contribution in [0.15, 0.2) is 59.5 Å². The van der Waals surface area contributed by atoms with Crippen molar-refractivity contribution in [2.45, 2.75) is 25.8 Å². The lowest BCUT2D eigenvalue weighted by Crippen LogP contribution is -2.35. The van der Waals surface area contributed by atoms with Gasteiger partial charge in [0.05, 0.1) is 24.2 Å². The molecule has 1 fully saturated rings. The van der Waals surface area contributed by atoms with Gasteiger partial charge in [-0.05, 0) is 37.6 Å². The fourth-order valence-corrected chi connectivity index (χ4v) is 4.29. The number of rotatable bonds is 8. The molecule has 4 N–H and O–H groups in total. The number of benzene rings is 1. The number of amides is 2. The molecule has 0 aliphatic carbocycles. The number of aliphatic imine (C=N–C) groups is 1. The molecular formula is C27H33N7O4. The van der Waals surface area contributed by atoms with Crippen LogP contribution in [0.25, 0.3) is 10.9 Å². The van der Waals surface area contributed by atoms with E-state index in [1.54, 1.807) is 37.5 Å². The van der Waals surface area contributed by atoms with Crippen molar-refractivity contribution < 1.29 is 19.1 Å². The zero-order valence-corrected chi connectivity index (χ0v) is 21.8. The Bertz CT molecular complexity index is 1360. The van der Waals surface area contributed by atoms with Gasteiger partial charge in [-0.1, -0.05) is 6.92 Å². The summed E-state index contributed by atoms with van der Waals surface area (Å²) in [6, 6.07) is 8.50. The number of pyridine rings is 1. The fourth-order valence-electron chi connectivity index (χ4n) is 4.29. The number of aromatic nitrogens is 2. The first-order chi connectivity index (χ1) is 18.4. The molecule has 0 unspecified atom stereocenters. The topological polar surface area (TPSA) is 136 Å². The quantitative estimate of drug-likeness (QED) is 0.307. The minimum Gasteiger partial charge on any atom is -0.493 e. The number of hydrogen-bond acceptors (Lipinski definition) is 8. The maximum Gasteiger partial charge on any atom is 0.325 e. The molecule has 1 aliphatic rings. The van der Waals surface area contributed by atoms with Crippen LogP contribution in [0, 0.1) is 0 Å². The molecule has 4 rings (SSSR count). The van der Waals surface area contributed by atoms with E-state index in [2.05, 4.69) is 32.4 Å². The van der Waals surface area contributed by atoms with Gasteiger partial charge in [0, 0.05) is 62.5 Å². The number of hydrogen-bond donors (Lipinski definition) is 3. The van der Waals surface area contributed by atoms with E-state index < -0.39 is 5.91 Å². The largest absolute Gasteiger partial charge is 0.493 e. The zero-order valence-electron chi connectivity index (χ0n) is 21.8. The molecule has 11 nitrogen and oxygen atoms in total. The van der Waals surface area contributed by atoms with Crippen molar-refractivity contribution in [2.75, 3.05) is 39.1 Å². The average molecular weight is 520 g/mol. The Kier molecular flexibility index (Phi) is 8.59. The summed E-state index contributed by atoms with van der Waals surface area (Å²) in [5.74, 6) is 1.21. The van der Waals surface area contributed by atoms with Crippen molar-refractivity contribution in [3.8, 4) is 17.2 Å². The van der Waals surface area contributed by atoms with Crippen molar-refractivity contribution in [3.05, 3.63) is 54.5 Å². The lowest BCUT2D eigenvalue weighted by atomic mass is 10.1. The monoisotopic (exact) mass is 519 g/mol. The van der Waals surface area contributed by atoms with Crippen molar-refractivity contribution in [3.63, 3.8) is 0 Å². The van der Waals surface area contributed by atoms with E-state index in [0.717, 1.165) is 37.9 Å². The lowest BCUT2D eigenvalue weighted by Gasteiger charge is -2.28. The summed E-state index contributed by atoms with van der Waals surface area (Å²) in [4.78, 5) is 36.1. The van der Waals surface area contributed by atoms with Crippen LogP contribution < -0.4 is 25.8 Å². The smallest absolute Gasteiger partial charge is 0.325 e. The van der Waals surface area contributed by atoms with Crippen molar-refractivity contribution in [1.82, 2.24) is 19.8 Å². The minimum atomic E-state index is -0.415. The third-order valence-corrected chi connectivity index (χ3v) is 6.48. The van der Waals surface area contributed by atoms with Crippen LogP contribution in [0.2, 0.25) is 0 Å². The number of fused-ring (bicyclic) bond motifs is 1. The number of carbonyl (C=O) groups excluding carboxylic acids is 2. The normalized spacial score (nSPS) is 15.1. The number of anilines is 1. The van der Waals surface area contributed by atoms with Gasteiger partial charge in [-0.3, -0.25) is 14.4 Å².